The van der Waals surface area contributed by atoms with Crippen molar-refractivity contribution in [1.82, 2.24) is 9.97 Å². The number of carbonyl (C=O) groups is 2. The first-order chi connectivity index (χ1) is 18.8. The molecular formula is C30H25ClN2O6. The predicted octanol–water partition coefficient (Wildman–Crippen LogP) is 6.28. The molecule has 1 unspecified atom stereocenters. The molecule has 3 heterocycles. The van der Waals surface area contributed by atoms with Crippen LogP contribution in [0.2, 0.25) is 5.02 Å². The Hall–Kier alpha value is -4.43. The average molecular weight is 545 g/mol. The number of carbonyl (C=O) groups excluding carboxylic acids is 1. The van der Waals surface area contributed by atoms with Gasteiger partial charge in [-0.15, -0.1) is 0 Å². The lowest BCUT2D eigenvalue weighted by molar-refractivity contribution is -0.139. The lowest BCUT2D eigenvalue weighted by atomic mass is 9.93. The summed E-state index contributed by atoms with van der Waals surface area (Å²) in [5, 5.41) is 9.74. The Morgan fingerprint density at radius 1 is 1.10 bits per heavy atom. The van der Waals surface area contributed by atoms with Crippen molar-refractivity contribution in [3.8, 4) is 34.3 Å². The highest BCUT2D eigenvalue weighted by Gasteiger charge is 2.29. The van der Waals surface area contributed by atoms with E-state index in [1.807, 2.05) is 25.1 Å². The number of aliphatic carboxylic acids is 1. The number of pyridine rings is 2. The van der Waals surface area contributed by atoms with Crippen molar-refractivity contribution in [1.29, 1.82) is 0 Å². The van der Waals surface area contributed by atoms with E-state index in [-0.39, 0.29) is 17.2 Å². The first-order valence-electron chi connectivity index (χ1n) is 12.3. The molecule has 1 N–H and O–H groups in total. The van der Waals surface area contributed by atoms with Gasteiger partial charge in [-0.05, 0) is 55.8 Å². The maximum atomic E-state index is 12.9. The topological polar surface area (TPSA) is 108 Å². The fraction of sp³-hybridized carbons (Fsp3) is 0.200. The van der Waals surface area contributed by atoms with Gasteiger partial charge in [-0.3, -0.25) is 14.6 Å². The van der Waals surface area contributed by atoms with Crippen LogP contribution in [0.1, 0.15) is 39.6 Å². The van der Waals surface area contributed by atoms with Crippen LogP contribution < -0.4 is 14.2 Å². The minimum atomic E-state index is -0.916. The zero-order valence-corrected chi connectivity index (χ0v) is 22.1. The van der Waals surface area contributed by atoms with Crippen molar-refractivity contribution >= 4 is 23.4 Å². The summed E-state index contributed by atoms with van der Waals surface area (Å²) >= 11 is 6.38. The normalized spacial score (nSPS) is 14.2. The van der Waals surface area contributed by atoms with E-state index in [9.17, 15) is 14.7 Å². The van der Waals surface area contributed by atoms with Gasteiger partial charge in [0.1, 0.15) is 17.2 Å². The number of halogens is 1. The first-order valence-corrected chi connectivity index (χ1v) is 12.7. The molecule has 0 amide bonds. The second-order valence-corrected chi connectivity index (χ2v) is 9.51. The van der Waals surface area contributed by atoms with Gasteiger partial charge in [0, 0.05) is 52.0 Å². The number of hydrogen-bond donors (Lipinski definition) is 1. The molecule has 1 aliphatic heterocycles. The third-order valence-corrected chi connectivity index (χ3v) is 6.85. The summed E-state index contributed by atoms with van der Waals surface area (Å²) in [5.74, 6) is 0.148. The Morgan fingerprint density at radius 3 is 2.56 bits per heavy atom. The number of benzene rings is 2. The fourth-order valence-corrected chi connectivity index (χ4v) is 4.68. The van der Waals surface area contributed by atoms with Gasteiger partial charge in [-0.25, -0.2) is 4.98 Å². The van der Waals surface area contributed by atoms with E-state index in [1.165, 1.54) is 0 Å². The van der Waals surface area contributed by atoms with Crippen molar-refractivity contribution < 1.29 is 28.9 Å². The lowest BCUT2D eigenvalue weighted by Gasteiger charge is -2.24. The van der Waals surface area contributed by atoms with Crippen LogP contribution in [0.3, 0.4) is 0 Å². The van der Waals surface area contributed by atoms with Gasteiger partial charge in [-0.2, -0.15) is 0 Å². The van der Waals surface area contributed by atoms with E-state index in [0.29, 0.717) is 53.0 Å². The van der Waals surface area contributed by atoms with E-state index >= 15 is 0 Å². The van der Waals surface area contributed by atoms with Crippen molar-refractivity contribution in [2.45, 2.75) is 25.7 Å². The fourth-order valence-electron chi connectivity index (χ4n) is 4.47. The molecule has 2 aromatic heterocycles. The number of methoxy groups -OCH3 is 1. The minimum Gasteiger partial charge on any atom is -0.493 e. The van der Waals surface area contributed by atoms with Crippen LogP contribution in [0, 0.1) is 6.92 Å². The van der Waals surface area contributed by atoms with Crippen LogP contribution in [0.4, 0.5) is 0 Å². The second-order valence-electron chi connectivity index (χ2n) is 9.10. The van der Waals surface area contributed by atoms with Gasteiger partial charge in [0.25, 0.3) is 0 Å². The van der Waals surface area contributed by atoms with E-state index < -0.39 is 11.9 Å². The third-order valence-electron chi connectivity index (χ3n) is 6.55. The van der Waals surface area contributed by atoms with Crippen molar-refractivity contribution in [3.05, 3.63) is 94.4 Å². The largest absolute Gasteiger partial charge is 0.493 e. The summed E-state index contributed by atoms with van der Waals surface area (Å²) < 4.78 is 16.7. The number of nitrogens with zero attached hydrogens (tertiary/aromatic N) is 2. The molecule has 4 aromatic rings. The highest BCUT2D eigenvalue weighted by molar-refractivity contribution is 6.32. The quantitative estimate of drug-likeness (QED) is 0.258. The summed E-state index contributed by atoms with van der Waals surface area (Å²) in [5.41, 5.74) is 4.39. The van der Waals surface area contributed by atoms with Gasteiger partial charge < -0.3 is 19.3 Å². The van der Waals surface area contributed by atoms with E-state index in [1.54, 1.807) is 55.8 Å². The molecule has 0 aliphatic carbocycles. The summed E-state index contributed by atoms with van der Waals surface area (Å²) in [7, 11) is 1.58. The molecule has 8 nitrogen and oxygen atoms in total. The number of aromatic nitrogens is 2. The van der Waals surface area contributed by atoms with Gasteiger partial charge in [0.15, 0.2) is 5.78 Å². The Balaban J connectivity index is 1.25. The number of Topliss-reactive ketones (excluding diaryl/α,β-unsaturated/α-hetero) is 1. The highest BCUT2D eigenvalue weighted by atomic mass is 35.5. The second kappa shape index (κ2) is 11.1. The molecule has 0 spiro atoms. The number of rotatable bonds is 8. The van der Waals surface area contributed by atoms with Crippen LogP contribution in [0.25, 0.3) is 11.1 Å². The lowest BCUT2D eigenvalue weighted by Crippen LogP contribution is -2.20. The van der Waals surface area contributed by atoms with Gasteiger partial charge in [0.2, 0.25) is 5.88 Å². The van der Waals surface area contributed by atoms with Crippen molar-refractivity contribution in [3.63, 3.8) is 0 Å². The summed E-state index contributed by atoms with van der Waals surface area (Å²) in [4.78, 5) is 33.3. The van der Waals surface area contributed by atoms with Crippen LogP contribution in [0.5, 0.6) is 23.1 Å². The molecule has 0 bridgehead atoms. The molecule has 2 aromatic carbocycles. The van der Waals surface area contributed by atoms with Crippen LogP contribution in [-0.4, -0.2) is 40.5 Å². The standard InChI is InChI=1S/C30H25ClN2O6/c1-17-22(9-10-29(33-17)37-2)19-3-6-20(32-16-19)13-26(34)18-4-7-21(8-5-18)39-28-15-27-24(14-25(28)31)23(30(35)36)11-12-38-27/h3-10,14-16,23H,11-13H2,1-2H3,(H,35,36). The summed E-state index contributed by atoms with van der Waals surface area (Å²) in [6.45, 7) is 2.21. The number of fused-ring (bicyclic) bond motifs is 1. The van der Waals surface area contributed by atoms with Gasteiger partial charge in [0.05, 0.1) is 31.1 Å². The molecule has 0 saturated heterocycles. The number of carboxylic acid groups (broad SMARTS) is 1. The molecule has 9 heteroatoms. The van der Waals surface area contributed by atoms with E-state index in [4.69, 9.17) is 25.8 Å². The summed E-state index contributed by atoms with van der Waals surface area (Å²) in [6.07, 6.45) is 2.27. The first kappa shape index (κ1) is 26.2. The molecule has 5 rings (SSSR count). The van der Waals surface area contributed by atoms with E-state index in [0.717, 1.165) is 16.8 Å². The molecule has 1 aliphatic rings. The molecule has 198 valence electrons. The number of hydrogen-bond acceptors (Lipinski definition) is 7. The van der Waals surface area contributed by atoms with Crippen molar-refractivity contribution in [2.24, 2.45) is 0 Å². The predicted molar refractivity (Wildman–Crippen MR) is 145 cm³/mol. The average Bonchev–Trinajstić information content (AvgIpc) is 2.94. The number of ether oxygens (including phenoxy) is 3. The maximum Gasteiger partial charge on any atom is 0.311 e. The molecule has 0 radical (unpaired) electrons. The Kier molecular flexibility index (Phi) is 7.47. The van der Waals surface area contributed by atoms with E-state index in [2.05, 4.69) is 9.97 Å². The van der Waals surface area contributed by atoms with Gasteiger partial charge >= 0.3 is 5.97 Å². The van der Waals surface area contributed by atoms with Gasteiger partial charge in [-0.1, -0.05) is 17.7 Å². The summed E-state index contributed by atoms with van der Waals surface area (Å²) in [6, 6.07) is 17.4. The molecule has 1 atom stereocenters. The number of carboxylic acids is 1. The highest BCUT2D eigenvalue weighted by Crippen LogP contribution is 2.41. The smallest absolute Gasteiger partial charge is 0.311 e. The Morgan fingerprint density at radius 2 is 1.90 bits per heavy atom. The monoisotopic (exact) mass is 544 g/mol. The SMILES string of the molecule is COc1ccc(-c2ccc(CC(=O)c3ccc(Oc4cc5c(cc4Cl)C(C(=O)O)CCO5)cc3)nc2)c(C)n1. The number of ketones is 1. The minimum absolute atomic E-state index is 0.0796. The molecular weight excluding hydrogens is 520 g/mol. The maximum absolute atomic E-state index is 12.9. The Bertz CT molecular complexity index is 1540. The van der Waals surface area contributed by atoms with Crippen LogP contribution in [0.15, 0.2) is 66.9 Å². The number of aryl methyl sites for hydroxylation is 1. The molecule has 0 fully saturated rings. The zero-order valence-electron chi connectivity index (χ0n) is 21.3. The van der Waals surface area contributed by atoms with Crippen molar-refractivity contribution in [2.75, 3.05) is 13.7 Å². The molecule has 39 heavy (non-hydrogen) atoms. The third kappa shape index (κ3) is 5.71. The Labute approximate surface area is 230 Å². The van der Waals surface area contributed by atoms with Crippen LogP contribution >= 0.6 is 11.6 Å². The van der Waals surface area contributed by atoms with Crippen LogP contribution in [-0.2, 0) is 11.2 Å². The zero-order chi connectivity index (χ0) is 27.5. The molecule has 0 saturated carbocycles.